The van der Waals surface area contributed by atoms with Crippen LogP contribution in [0.1, 0.15) is 37.1 Å². The van der Waals surface area contributed by atoms with Crippen LogP contribution in [0.4, 0.5) is 0 Å². The van der Waals surface area contributed by atoms with E-state index in [0.29, 0.717) is 11.7 Å². The van der Waals surface area contributed by atoms with Crippen molar-refractivity contribution in [1.82, 2.24) is 14.8 Å². The molecular formula is C27H27Cl3CoN7. The number of halogens is 3. The summed E-state index contributed by atoms with van der Waals surface area (Å²) in [7, 11) is 0. The Bertz CT molecular complexity index is 1200. The molecule has 38 heavy (non-hydrogen) atoms. The molecule has 0 bridgehead atoms. The van der Waals surface area contributed by atoms with E-state index >= 15 is 0 Å². The zero-order valence-electron chi connectivity index (χ0n) is 20.6. The summed E-state index contributed by atoms with van der Waals surface area (Å²) in [5.74, 6) is 1.37. The first-order chi connectivity index (χ1) is 16.8. The first-order valence-electron chi connectivity index (χ1n) is 12.4. The van der Waals surface area contributed by atoms with Crippen LogP contribution < -0.4 is 37.2 Å². The van der Waals surface area contributed by atoms with Crippen molar-refractivity contribution in [3.63, 3.8) is 0 Å². The van der Waals surface area contributed by atoms with E-state index in [1.807, 2.05) is 18.2 Å². The van der Waals surface area contributed by atoms with Gasteiger partial charge in [-0.1, -0.05) is 18.2 Å². The van der Waals surface area contributed by atoms with Crippen LogP contribution >= 0.6 is 0 Å². The monoisotopic (exact) mass is 613 g/mol. The van der Waals surface area contributed by atoms with E-state index in [0.717, 1.165) is 49.0 Å². The molecule has 2 aliphatic carbocycles. The second-order valence-corrected chi connectivity index (χ2v) is 9.52. The average Bonchev–Trinajstić information content (AvgIpc) is 3.69. The van der Waals surface area contributed by atoms with Gasteiger partial charge in [0.1, 0.15) is 23.5 Å². The zero-order valence-corrected chi connectivity index (χ0v) is 23.9. The van der Waals surface area contributed by atoms with Crippen LogP contribution in [0.2, 0.25) is 0 Å². The predicted molar refractivity (Wildman–Crippen MR) is 136 cm³/mol. The zero-order chi connectivity index (χ0) is 22.5. The minimum atomic E-state index is -0.0157. The van der Waals surface area contributed by atoms with Gasteiger partial charge in [-0.3, -0.25) is 9.98 Å². The van der Waals surface area contributed by atoms with E-state index in [-0.39, 0.29) is 66.1 Å². The molecule has 6 aliphatic rings. The molecule has 4 aliphatic heterocycles. The number of nitrogens with zero attached hydrogens (tertiary/aromatic N) is 7. The Morgan fingerprint density at radius 1 is 0.632 bits per heavy atom. The van der Waals surface area contributed by atoms with Gasteiger partial charge in [-0.05, 0) is 62.1 Å². The number of fused-ring (bicyclic) bond motifs is 2. The Labute approximate surface area is 252 Å². The Morgan fingerprint density at radius 2 is 1.05 bits per heavy atom. The number of aliphatic imine (C=N–C) groups is 4. The van der Waals surface area contributed by atoms with Crippen molar-refractivity contribution in [2.45, 2.75) is 37.8 Å². The second kappa shape index (κ2) is 12.7. The van der Waals surface area contributed by atoms with Crippen LogP contribution in [0, 0.1) is 0 Å². The molecule has 0 radical (unpaired) electrons. The number of likely N-dealkylation sites (tertiary alicyclic amines) is 2. The van der Waals surface area contributed by atoms with Crippen LogP contribution in [0.3, 0.4) is 0 Å². The molecule has 2 atom stereocenters. The molecular weight excluding hydrogens is 588 g/mol. The summed E-state index contributed by atoms with van der Waals surface area (Å²) in [6.07, 6.45) is 18.1. The number of amidine groups is 2. The summed E-state index contributed by atoms with van der Waals surface area (Å²) in [6, 6.07) is 5.91. The maximum Gasteiger partial charge on any atom is 3.00 e. The van der Waals surface area contributed by atoms with Crippen molar-refractivity contribution in [2.24, 2.45) is 20.0 Å². The van der Waals surface area contributed by atoms with Crippen LogP contribution in [0.15, 0.2) is 86.0 Å². The number of pyridine rings is 1. The molecule has 2 unspecified atom stereocenters. The van der Waals surface area contributed by atoms with Gasteiger partial charge in [0.25, 0.3) is 0 Å². The molecule has 0 spiro atoms. The van der Waals surface area contributed by atoms with E-state index in [9.17, 15) is 0 Å². The molecule has 2 fully saturated rings. The number of allylic oxidation sites excluding steroid dienone is 2. The first-order valence-corrected chi connectivity index (χ1v) is 12.4. The molecule has 0 aromatic carbocycles. The van der Waals surface area contributed by atoms with Gasteiger partial charge in [-0.15, -0.1) is 0 Å². The summed E-state index contributed by atoms with van der Waals surface area (Å²) in [5.41, 5.74) is 6.04. The fourth-order valence-corrected chi connectivity index (χ4v) is 5.40. The standard InChI is InChI=1S/C27H27N7.3ClH.Co/c1-2-13-33(12-1)18-8-10-20-24(16-18)31-26(29-20)22-6-5-7-23(28-22)27-30-21-11-9-19(17-25(21)32-27)34-14-3-4-15-34;;;;/h5-11,16-17,20-21H,1-4,12-15H2;3*1H;/q;;;;+3/p-3. The van der Waals surface area contributed by atoms with Crippen LogP contribution in [-0.2, 0) is 16.8 Å². The number of hydrogen-bond donors (Lipinski definition) is 0. The third-order valence-electron chi connectivity index (χ3n) is 7.24. The van der Waals surface area contributed by atoms with Gasteiger partial charge >= 0.3 is 16.8 Å². The van der Waals surface area contributed by atoms with Crippen LogP contribution in [0.25, 0.3) is 0 Å². The maximum absolute atomic E-state index is 4.86. The second-order valence-electron chi connectivity index (χ2n) is 9.52. The quantitative estimate of drug-likeness (QED) is 0.340. The Morgan fingerprint density at radius 3 is 1.47 bits per heavy atom. The summed E-state index contributed by atoms with van der Waals surface area (Å²) in [5, 5.41) is 0. The molecule has 0 N–H and O–H groups in total. The largest absolute Gasteiger partial charge is 3.00 e. The van der Waals surface area contributed by atoms with Crippen molar-refractivity contribution >= 4 is 23.1 Å². The third kappa shape index (κ3) is 5.70. The molecule has 1 aromatic heterocycles. The van der Waals surface area contributed by atoms with Gasteiger partial charge in [0, 0.05) is 37.6 Å². The van der Waals surface area contributed by atoms with Gasteiger partial charge in [-0.2, -0.15) is 0 Å². The first kappa shape index (κ1) is 30.3. The van der Waals surface area contributed by atoms with E-state index in [2.05, 4.69) is 46.3 Å². The summed E-state index contributed by atoms with van der Waals surface area (Å²) >= 11 is 0. The molecule has 2 saturated heterocycles. The maximum atomic E-state index is 4.86. The Kier molecular flexibility index (Phi) is 10.2. The van der Waals surface area contributed by atoms with Gasteiger partial charge < -0.3 is 47.0 Å². The van der Waals surface area contributed by atoms with E-state index in [1.54, 1.807) is 0 Å². The molecule has 11 heteroatoms. The van der Waals surface area contributed by atoms with Gasteiger partial charge in [0.05, 0.1) is 11.4 Å². The molecule has 0 saturated carbocycles. The van der Waals surface area contributed by atoms with E-state index in [4.69, 9.17) is 25.0 Å². The number of aromatic nitrogens is 1. The minimum Gasteiger partial charge on any atom is -1.00 e. The smallest absolute Gasteiger partial charge is 1.00 e. The van der Waals surface area contributed by atoms with E-state index in [1.165, 1.54) is 37.1 Å². The normalized spacial score (nSPS) is 24.3. The summed E-state index contributed by atoms with van der Waals surface area (Å²) < 4.78 is 0. The SMILES string of the molecule is C1=CC2N=C(c3cccc(C4=NC5C=CC(N6CCCC6)=CC5=N4)n3)N=C2C=C1N1CCCC1.[Cl-].[Cl-].[Cl-].[Co+3]. The summed E-state index contributed by atoms with van der Waals surface area (Å²) in [6.45, 7) is 4.50. The molecule has 200 valence electrons. The van der Waals surface area contributed by atoms with Gasteiger partial charge in [0.2, 0.25) is 0 Å². The fourth-order valence-electron chi connectivity index (χ4n) is 5.40. The van der Waals surface area contributed by atoms with Gasteiger partial charge in [-0.25, -0.2) is 15.0 Å². The molecule has 5 heterocycles. The topological polar surface area (TPSA) is 68.8 Å². The Balaban J connectivity index is 0.000001000. The minimum absolute atomic E-state index is 0. The fraction of sp³-hybridized carbons (Fsp3) is 0.370. The molecule has 0 amide bonds. The van der Waals surface area contributed by atoms with Crippen molar-refractivity contribution < 1.29 is 54.0 Å². The van der Waals surface area contributed by atoms with Crippen LogP contribution in [-0.4, -0.2) is 76.1 Å². The Hall–Kier alpha value is -2.23. The summed E-state index contributed by atoms with van der Waals surface area (Å²) in [4.78, 5) is 29.1. The predicted octanol–water partition coefficient (Wildman–Crippen LogP) is -5.67. The molecule has 7 rings (SSSR count). The van der Waals surface area contributed by atoms with Crippen molar-refractivity contribution in [2.75, 3.05) is 26.2 Å². The van der Waals surface area contributed by atoms with Crippen LogP contribution in [0.5, 0.6) is 0 Å². The number of hydrogen-bond acceptors (Lipinski definition) is 7. The number of rotatable bonds is 4. The van der Waals surface area contributed by atoms with Crippen molar-refractivity contribution in [3.05, 3.63) is 77.4 Å². The average molecular weight is 615 g/mol. The molecule has 1 aromatic rings. The van der Waals surface area contributed by atoms with Gasteiger partial charge in [0.15, 0.2) is 11.7 Å². The van der Waals surface area contributed by atoms with E-state index < -0.39 is 0 Å². The van der Waals surface area contributed by atoms with Crippen molar-refractivity contribution in [1.29, 1.82) is 0 Å². The molecule has 7 nitrogen and oxygen atoms in total. The third-order valence-corrected chi connectivity index (χ3v) is 7.24. The van der Waals surface area contributed by atoms with Crippen molar-refractivity contribution in [3.8, 4) is 0 Å².